The number of ether oxygens (including phenoxy) is 1. The van der Waals surface area contributed by atoms with Crippen LogP contribution in [0.4, 0.5) is 0 Å². The molecule has 0 amide bonds. The molecule has 0 heterocycles. The molecule has 0 radical (unpaired) electrons. The van der Waals surface area contributed by atoms with Gasteiger partial charge in [-0.05, 0) is 17.7 Å². The maximum Gasteiger partial charge on any atom is 0.135 e. The minimum Gasteiger partial charge on any atom is -0.456 e. The number of alkyl halides is 1. The van der Waals surface area contributed by atoms with Crippen LogP contribution in [0, 0.1) is 0 Å². The van der Waals surface area contributed by atoms with Crippen LogP contribution in [0.25, 0.3) is 11.1 Å². The van der Waals surface area contributed by atoms with Gasteiger partial charge in [-0.15, -0.1) is 0 Å². The smallest absolute Gasteiger partial charge is 0.135 e. The van der Waals surface area contributed by atoms with Crippen molar-refractivity contribution in [1.82, 2.24) is 0 Å². The highest BCUT2D eigenvalue weighted by Gasteiger charge is 2.08. The fourth-order valence-electron chi connectivity index (χ4n) is 2.24. The molecule has 3 aromatic carbocycles. The lowest BCUT2D eigenvalue weighted by Crippen LogP contribution is -1.91. The van der Waals surface area contributed by atoms with Crippen molar-refractivity contribution in [2.75, 3.05) is 0 Å². The van der Waals surface area contributed by atoms with Crippen molar-refractivity contribution < 1.29 is 4.74 Å². The van der Waals surface area contributed by atoms with Gasteiger partial charge in [0.1, 0.15) is 11.5 Å². The van der Waals surface area contributed by atoms with Crippen LogP contribution in [0.3, 0.4) is 0 Å². The molecule has 2 heteroatoms. The van der Waals surface area contributed by atoms with Gasteiger partial charge in [0.2, 0.25) is 0 Å². The molecule has 3 rings (SSSR count). The second-order valence-corrected chi connectivity index (χ2v) is 5.27. The summed E-state index contributed by atoms with van der Waals surface area (Å²) in [5, 5.41) is 0.774. The molecular weight excluding hydrogens is 324 g/mol. The SMILES string of the molecule is BrCc1ccccc1Oc1ccccc1-c1ccccc1. The van der Waals surface area contributed by atoms with Crippen molar-refractivity contribution in [1.29, 1.82) is 0 Å². The van der Waals surface area contributed by atoms with Crippen LogP contribution in [-0.4, -0.2) is 0 Å². The molecule has 0 fully saturated rings. The molecule has 1 nitrogen and oxygen atoms in total. The maximum atomic E-state index is 6.16. The quantitative estimate of drug-likeness (QED) is 0.527. The van der Waals surface area contributed by atoms with Gasteiger partial charge in [0.25, 0.3) is 0 Å². The summed E-state index contributed by atoms with van der Waals surface area (Å²) < 4.78 is 6.16. The molecule has 0 saturated carbocycles. The first kappa shape index (κ1) is 13.9. The predicted molar refractivity (Wildman–Crippen MR) is 91.0 cm³/mol. The Morgan fingerprint density at radius 2 is 1.29 bits per heavy atom. The Bertz CT molecular complexity index is 722. The lowest BCUT2D eigenvalue weighted by atomic mass is 10.0. The summed E-state index contributed by atoms with van der Waals surface area (Å²) in [4.78, 5) is 0. The molecular formula is C19H15BrO. The normalized spacial score (nSPS) is 10.3. The molecule has 0 aliphatic rings. The Labute approximate surface area is 133 Å². The molecule has 0 aliphatic carbocycles. The van der Waals surface area contributed by atoms with Crippen molar-refractivity contribution in [2.45, 2.75) is 5.33 Å². The van der Waals surface area contributed by atoms with Crippen LogP contribution < -0.4 is 4.74 Å². The number of hydrogen-bond donors (Lipinski definition) is 0. The number of halogens is 1. The summed E-state index contributed by atoms with van der Waals surface area (Å²) in [5.74, 6) is 1.76. The largest absolute Gasteiger partial charge is 0.456 e. The van der Waals surface area contributed by atoms with E-state index >= 15 is 0 Å². The first-order valence-electron chi connectivity index (χ1n) is 6.84. The molecule has 0 saturated heterocycles. The van der Waals surface area contributed by atoms with Gasteiger partial charge in [-0.25, -0.2) is 0 Å². The number of benzene rings is 3. The Balaban J connectivity index is 2.00. The van der Waals surface area contributed by atoms with Crippen molar-refractivity contribution in [3.63, 3.8) is 0 Å². The van der Waals surface area contributed by atoms with E-state index in [9.17, 15) is 0 Å². The predicted octanol–water partition coefficient (Wildman–Crippen LogP) is 6.04. The zero-order chi connectivity index (χ0) is 14.5. The Morgan fingerprint density at radius 3 is 2.05 bits per heavy atom. The van der Waals surface area contributed by atoms with E-state index in [1.807, 2.05) is 54.6 Å². The third-order valence-corrected chi connectivity index (χ3v) is 3.91. The fourth-order valence-corrected chi connectivity index (χ4v) is 2.71. The van der Waals surface area contributed by atoms with Gasteiger partial charge >= 0.3 is 0 Å². The van der Waals surface area contributed by atoms with E-state index in [-0.39, 0.29) is 0 Å². The van der Waals surface area contributed by atoms with Crippen molar-refractivity contribution in [3.8, 4) is 22.6 Å². The van der Waals surface area contributed by atoms with Gasteiger partial charge in [-0.3, -0.25) is 0 Å². The Hall–Kier alpha value is -2.06. The third-order valence-electron chi connectivity index (χ3n) is 3.31. The van der Waals surface area contributed by atoms with Crippen LogP contribution in [0.2, 0.25) is 0 Å². The molecule has 0 aromatic heterocycles. The molecule has 104 valence electrons. The van der Waals surface area contributed by atoms with Crippen LogP contribution >= 0.6 is 15.9 Å². The van der Waals surface area contributed by atoms with E-state index in [0.29, 0.717) is 0 Å². The lowest BCUT2D eigenvalue weighted by Gasteiger charge is -2.13. The summed E-state index contributed by atoms with van der Waals surface area (Å²) in [6, 6.07) is 26.5. The number of rotatable bonds is 4. The summed E-state index contributed by atoms with van der Waals surface area (Å²) in [6.45, 7) is 0. The van der Waals surface area contributed by atoms with Gasteiger partial charge in [0, 0.05) is 16.5 Å². The topological polar surface area (TPSA) is 9.23 Å². The second-order valence-electron chi connectivity index (χ2n) is 4.71. The summed E-state index contributed by atoms with van der Waals surface area (Å²) >= 11 is 3.51. The number of hydrogen-bond acceptors (Lipinski definition) is 1. The summed E-state index contributed by atoms with van der Waals surface area (Å²) in [6.07, 6.45) is 0. The first-order chi connectivity index (χ1) is 10.4. The molecule has 0 aliphatic heterocycles. The maximum absolute atomic E-state index is 6.16. The average molecular weight is 339 g/mol. The highest BCUT2D eigenvalue weighted by atomic mass is 79.9. The van der Waals surface area contributed by atoms with Crippen LogP contribution in [0.15, 0.2) is 78.9 Å². The van der Waals surface area contributed by atoms with Crippen LogP contribution in [0.1, 0.15) is 5.56 Å². The Kier molecular flexibility index (Phi) is 4.37. The Morgan fingerprint density at radius 1 is 0.667 bits per heavy atom. The standard InChI is InChI=1S/C19H15BrO/c20-14-16-10-4-6-12-18(16)21-19-13-7-5-11-17(19)15-8-2-1-3-9-15/h1-13H,14H2. The molecule has 3 aromatic rings. The van der Waals surface area contributed by atoms with E-state index in [1.54, 1.807) is 0 Å². The van der Waals surface area contributed by atoms with Gasteiger partial charge in [0.05, 0.1) is 0 Å². The first-order valence-corrected chi connectivity index (χ1v) is 7.97. The zero-order valence-electron chi connectivity index (χ0n) is 11.5. The second kappa shape index (κ2) is 6.59. The van der Waals surface area contributed by atoms with Gasteiger partial charge < -0.3 is 4.74 Å². The molecule has 0 atom stereocenters. The highest BCUT2D eigenvalue weighted by molar-refractivity contribution is 9.08. The fraction of sp³-hybridized carbons (Fsp3) is 0.0526. The summed E-state index contributed by atoms with van der Waals surface area (Å²) in [7, 11) is 0. The van der Waals surface area contributed by atoms with Gasteiger partial charge in [-0.1, -0.05) is 82.7 Å². The van der Waals surface area contributed by atoms with E-state index in [1.165, 1.54) is 0 Å². The highest BCUT2D eigenvalue weighted by Crippen LogP contribution is 2.34. The zero-order valence-corrected chi connectivity index (χ0v) is 13.1. The van der Waals surface area contributed by atoms with Crippen molar-refractivity contribution in [2.24, 2.45) is 0 Å². The van der Waals surface area contributed by atoms with Gasteiger partial charge in [0.15, 0.2) is 0 Å². The average Bonchev–Trinajstić information content (AvgIpc) is 2.57. The van der Waals surface area contributed by atoms with E-state index in [4.69, 9.17) is 4.74 Å². The molecule has 0 unspecified atom stereocenters. The molecule has 0 bridgehead atoms. The van der Waals surface area contributed by atoms with E-state index < -0.39 is 0 Å². The van der Waals surface area contributed by atoms with E-state index in [2.05, 4.69) is 40.2 Å². The third kappa shape index (κ3) is 3.17. The van der Waals surface area contributed by atoms with Crippen LogP contribution in [-0.2, 0) is 5.33 Å². The molecule has 0 N–H and O–H groups in total. The van der Waals surface area contributed by atoms with E-state index in [0.717, 1.165) is 33.5 Å². The summed E-state index contributed by atoms with van der Waals surface area (Å²) in [5.41, 5.74) is 3.40. The minimum absolute atomic E-state index is 0.774. The lowest BCUT2D eigenvalue weighted by molar-refractivity contribution is 0.480. The van der Waals surface area contributed by atoms with Crippen molar-refractivity contribution in [3.05, 3.63) is 84.4 Å². The van der Waals surface area contributed by atoms with Crippen molar-refractivity contribution >= 4 is 15.9 Å². The molecule has 0 spiro atoms. The molecule has 21 heavy (non-hydrogen) atoms. The van der Waals surface area contributed by atoms with Crippen LogP contribution in [0.5, 0.6) is 11.5 Å². The monoisotopic (exact) mass is 338 g/mol. The van der Waals surface area contributed by atoms with Gasteiger partial charge in [-0.2, -0.15) is 0 Å². The minimum atomic E-state index is 0.774. The number of para-hydroxylation sites is 2.